The van der Waals surface area contributed by atoms with Gasteiger partial charge in [0.05, 0.1) is 11.5 Å². The first-order valence-corrected chi connectivity index (χ1v) is 9.31. The Morgan fingerprint density at radius 2 is 2.27 bits per heavy atom. The van der Waals surface area contributed by atoms with E-state index >= 15 is 0 Å². The van der Waals surface area contributed by atoms with Gasteiger partial charge in [-0.3, -0.25) is 0 Å². The van der Waals surface area contributed by atoms with E-state index < -0.39 is 9.84 Å². The zero-order valence-electron chi connectivity index (χ0n) is 12.3. The molecule has 1 atom stereocenters. The first kappa shape index (κ1) is 16.8. The van der Waals surface area contributed by atoms with E-state index in [0.717, 1.165) is 5.56 Å². The van der Waals surface area contributed by atoms with Gasteiger partial charge in [0.1, 0.15) is 0 Å². The lowest BCUT2D eigenvalue weighted by Gasteiger charge is -2.26. The maximum Gasteiger partial charge on any atom is 0.321 e. The Morgan fingerprint density at radius 3 is 2.86 bits per heavy atom. The molecule has 1 fully saturated rings. The summed E-state index contributed by atoms with van der Waals surface area (Å²) < 4.78 is 23.1. The van der Waals surface area contributed by atoms with Gasteiger partial charge >= 0.3 is 6.03 Å². The summed E-state index contributed by atoms with van der Waals surface area (Å²) in [5, 5.41) is 3.30. The Labute approximate surface area is 135 Å². The number of benzene rings is 1. The van der Waals surface area contributed by atoms with Crippen molar-refractivity contribution in [1.82, 2.24) is 10.2 Å². The maximum atomic E-state index is 12.2. The summed E-state index contributed by atoms with van der Waals surface area (Å²) in [5.74, 6) is 0.200. The van der Waals surface area contributed by atoms with Crippen LogP contribution < -0.4 is 5.32 Å². The van der Waals surface area contributed by atoms with E-state index in [9.17, 15) is 13.2 Å². The molecular weight excluding hydrogens is 324 g/mol. The van der Waals surface area contributed by atoms with Gasteiger partial charge in [-0.1, -0.05) is 23.7 Å². The van der Waals surface area contributed by atoms with Crippen LogP contribution in [0.2, 0.25) is 5.02 Å². The van der Waals surface area contributed by atoms with Gasteiger partial charge in [-0.2, -0.15) is 0 Å². The molecule has 0 bridgehead atoms. The normalized spacial score (nSPS) is 20.2. The average molecular weight is 343 g/mol. The summed E-state index contributed by atoms with van der Waals surface area (Å²) in [4.78, 5) is 13.7. The number of carbonyl (C=O) groups excluding carboxylic acids is 1. The first-order chi connectivity index (χ1) is 10.4. The van der Waals surface area contributed by atoms with Gasteiger partial charge in [-0.15, -0.1) is 0 Å². The number of carbonyl (C=O) groups is 1. The number of nitrogens with one attached hydrogen (secondary N) is 1. The summed E-state index contributed by atoms with van der Waals surface area (Å²) in [6.07, 6.45) is 3.78. The highest BCUT2D eigenvalue weighted by Gasteiger charge is 2.33. The number of halogens is 1. The Balaban J connectivity index is 1.95. The Bertz CT molecular complexity index is 673. The first-order valence-electron chi connectivity index (χ1n) is 7.11. The van der Waals surface area contributed by atoms with Crippen molar-refractivity contribution in [2.75, 3.05) is 18.1 Å². The van der Waals surface area contributed by atoms with Crippen molar-refractivity contribution in [3.05, 3.63) is 41.1 Å². The molecule has 1 saturated heterocycles. The van der Waals surface area contributed by atoms with E-state index in [1.54, 1.807) is 29.3 Å². The third-order valence-corrected chi connectivity index (χ3v) is 5.57. The molecule has 1 aliphatic heterocycles. The molecule has 1 N–H and O–H groups in total. The molecule has 0 aromatic heterocycles. The monoisotopic (exact) mass is 342 g/mol. The van der Waals surface area contributed by atoms with E-state index in [2.05, 4.69) is 5.32 Å². The minimum absolute atomic E-state index is 0.0479. The molecule has 1 aliphatic rings. The average Bonchev–Trinajstić information content (AvgIpc) is 2.80. The van der Waals surface area contributed by atoms with Crippen molar-refractivity contribution in [1.29, 1.82) is 0 Å². The summed E-state index contributed by atoms with van der Waals surface area (Å²) in [7, 11) is -3.01. The third-order valence-electron chi connectivity index (χ3n) is 3.58. The van der Waals surface area contributed by atoms with Gasteiger partial charge in [0.15, 0.2) is 9.84 Å². The number of hydrogen-bond donors (Lipinski definition) is 1. The highest BCUT2D eigenvalue weighted by atomic mass is 35.5. The number of nitrogens with zero attached hydrogens (tertiary/aromatic N) is 1. The lowest BCUT2D eigenvalue weighted by molar-refractivity contribution is 0.187. The molecule has 2 rings (SSSR count). The molecule has 0 radical (unpaired) electrons. The predicted molar refractivity (Wildman–Crippen MR) is 88.5 cm³/mol. The van der Waals surface area contributed by atoms with E-state index in [1.165, 1.54) is 0 Å². The molecule has 7 heteroatoms. The van der Waals surface area contributed by atoms with Crippen molar-refractivity contribution in [2.45, 2.75) is 19.4 Å². The van der Waals surface area contributed by atoms with Crippen LogP contribution in [0, 0.1) is 0 Å². The summed E-state index contributed by atoms with van der Waals surface area (Å²) in [6, 6.07) is 6.72. The van der Waals surface area contributed by atoms with Gasteiger partial charge in [0, 0.05) is 23.8 Å². The van der Waals surface area contributed by atoms with Gasteiger partial charge in [0.2, 0.25) is 0 Å². The van der Waals surface area contributed by atoms with Gasteiger partial charge < -0.3 is 10.2 Å². The van der Waals surface area contributed by atoms with Gasteiger partial charge in [-0.05, 0) is 37.1 Å². The zero-order chi connectivity index (χ0) is 16.2. The number of rotatable bonds is 4. The minimum Gasteiger partial charge on any atom is -0.321 e. The molecule has 0 saturated carbocycles. The summed E-state index contributed by atoms with van der Waals surface area (Å²) >= 11 is 5.89. The van der Waals surface area contributed by atoms with Crippen LogP contribution in [0.1, 0.15) is 18.9 Å². The molecule has 22 heavy (non-hydrogen) atoms. The Kier molecular flexibility index (Phi) is 5.47. The van der Waals surface area contributed by atoms with Crippen molar-refractivity contribution in [3.8, 4) is 0 Å². The number of urea groups is 1. The smallest absolute Gasteiger partial charge is 0.321 e. The van der Waals surface area contributed by atoms with E-state index in [0.29, 0.717) is 18.0 Å². The van der Waals surface area contributed by atoms with Gasteiger partial charge in [-0.25, -0.2) is 13.2 Å². The second-order valence-corrected chi connectivity index (χ2v) is 7.85. The fourth-order valence-corrected chi connectivity index (χ4v) is 4.42. The molecule has 2 amide bonds. The van der Waals surface area contributed by atoms with Crippen molar-refractivity contribution in [2.24, 2.45) is 0 Å². The van der Waals surface area contributed by atoms with Crippen LogP contribution >= 0.6 is 11.6 Å². The lowest BCUT2D eigenvalue weighted by Crippen LogP contribution is -2.45. The molecule has 1 aromatic carbocycles. The van der Waals surface area contributed by atoms with Crippen LogP contribution in [0.3, 0.4) is 0 Å². The number of hydrogen-bond acceptors (Lipinski definition) is 3. The molecule has 1 heterocycles. The van der Waals surface area contributed by atoms with Crippen LogP contribution in [-0.4, -0.2) is 43.4 Å². The standard InChI is InChI=1S/C15H19ClN2O3S/c1-2-18(14-7-9-22(20,21)11-14)15(19)17-8-6-12-4-3-5-13(16)10-12/h3-6,8,10,14H,2,7,9,11H2,1H3,(H,17,19)/b8-6+. The maximum absolute atomic E-state index is 12.2. The van der Waals surface area contributed by atoms with Crippen molar-refractivity contribution in [3.63, 3.8) is 0 Å². The molecule has 5 nitrogen and oxygen atoms in total. The SMILES string of the molecule is CCN(C(=O)N/C=C/c1cccc(Cl)c1)C1CCS(=O)(=O)C1. The van der Waals surface area contributed by atoms with E-state index in [4.69, 9.17) is 11.6 Å². The molecule has 1 aromatic rings. The van der Waals surface area contributed by atoms with E-state index in [1.807, 2.05) is 19.1 Å². The number of sulfone groups is 1. The highest BCUT2D eigenvalue weighted by Crippen LogP contribution is 2.17. The second-order valence-electron chi connectivity index (χ2n) is 5.18. The van der Waals surface area contributed by atoms with Crippen LogP contribution in [0.4, 0.5) is 4.79 Å². The second kappa shape index (κ2) is 7.15. The van der Waals surface area contributed by atoms with Crippen LogP contribution in [0.5, 0.6) is 0 Å². The quantitative estimate of drug-likeness (QED) is 0.914. The topological polar surface area (TPSA) is 66.5 Å². The number of amides is 2. The van der Waals surface area contributed by atoms with Crippen LogP contribution in [0.25, 0.3) is 6.08 Å². The third kappa shape index (κ3) is 4.48. The predicted octanol–water partition coefficient (Wildman–Crippen LogP) is 2.53. The molecule has 1 unspecified atom stereocenters. The Morgan fingerprint density at radius 1 is 1.50 bits per heavy atom. The molecule has 0 spiro atoms. The largest absolute Gasteiger partial charge is 0.321 e. The van der Waals surface area contributed by atoms with E-state index in [-0.39, 0.29) is 23.6 Å². The summed E-state index contributed by atoms with van der Waals surface area (Å²) in [5.41, 5.74) is 0.874. The van der Waals surface area contributed by atoms with Crippen molar-refractivity contribution < 1.29 is 13.2 Å². The fourth-order valence-electron chi connectivity index (χ4n) is 2.49. The minimum atomic E-state index is -3.01. The zero-order valence-corrected chi connectivity index (χ0v) is 13.9. The van der Waals surface area contributed by atoms with Crippen LogP contribution in [0.15, 0.2) is 30.5 Å². The van der Waals surface area contributed by atoms with Gasteiger partial charge in [0.25, 0.3) is 0 Å². The fraction of sp³-hybridized carbons (Fsp3) is 0.400. The summed E-state index contributed by atoms with van der Waals surface area (Å²) in [6.45, 7) is 2.31. The molecule has 120 valence electrons. The highest BCUT2D eigenvalue weighted by molar-refractivity contribution is 7.91. The Hall–Kier alpha value is -1.53. The van der Waals surface area contributed by atoms with Crippen LogP contribution in [-0.2, 0) is 9.84 Å². The lowest BCUT2D eigenvalue weighted by atomic mass is 10.2. The molecular formula is C15H19ClN2O3S. The van der Waals surface area contributed by atoms with Crippen molar-refractivity contribution >= 4 is 33.5 Å². The molecule has 0 aliphatic carbocycles.